The van der Waals surface area contributed by atoms with E-state index in [1.54, 1.807) is 12.4 Å². The highest BCUT2D eigenvalue weighted by molar-refractivity contribution is 6.08. The molecule has 1 saturated carbocycles. The van der Waals surface area contributed by atoms with Crippen LogP contribution in [0.2, 0.25) is 0 Å². The van der Waals surface area contributed by atoms with Gasteiger partial charge in [0.2, 0.25) is 0 Å². The summed E-state index contributed by atoms with van der Waals surface area (Å²) >= 11 is 0. The van der Waals surface area contributed by atoms with Crippen molar-refractivity contribution in [3.8, 4) is 0 Å². The topological polar surface area (TPSA) is 99.8 Å². The molecule has 0 saturated heterocycles. The minimum absolute atomic E-state index is 0.296. The molecule has 0 spiro atoms. The summed E-state index contributed by atoms with van der Waals surface area (Å²) in [4.78, 5) is 20.0. The smallest absolute Gasteiger partial charge is 0.254 e. The highest BCUT2D eigenvalue weighted by atomic mass is 16.1. The highest BCUT2D eigenvalue weighted by Gasteiger charge is 2.27. The number of rotatable bonds is 2. The van der Waals surface area contributed by atoms with Crippen LogP contribution in [0, 0.1) is 0 Å². The molecule has 1 aliphatic carbocycles. The van der Waals surface area contributed by atoms with Crippen LogP contribution in [-0.4, -0.2) is 20.4 Å². The first-order valence-electron chi connectivity index (χ1n) is 6.10. The molecule has 3 rings (SSSR count). The van der Waals surface area contributed by atoms with Gasteiger partial charge < -0.3 is 16.0 Å². The zero-order valence-corrected chi connectivity index (χ0v) is 9.97. The molecule has 2 heterocycles. The van der Waals surface area contributed by atoms with E-state index in [2.05, 4.69) is 9.97 Å². The van der Waals surface area contributed by atoms with Crippen LogP contribution in [-0.2, 0) is 0 Å². The van der Waals surface area contributed by atoms with Gasteiger partial charge in [0.25, 0.3) is 5.91 Å². The summed E-state index contributed by atoms with van der Waals surface area (Å²) in [5.74, 6) is -0.148. The molecule has 0 unspecified atom stereocenters. The number of fused-ring (bicyclic) bond motifs is 1. The molecule has 2 aromatic rings. The molecule has 94 valence electrons. The summed E-state index contributed by atoms with van der Waals surface area (Å²) in [6.07, 6.45) is 7.63. The van der Waals surface area contributed by atoms with Gasteiger partial charge in [-0.1, -0.05) is 12.8 Å². The van der Waals surface area contributed by atoms with Gasteiger partial charge in [-0.05, 0) is 12.8 Å². The molecule has 1 amide bonds. The second kappa shape index (κ2) is 3.97. The van der Waals surface area contributed by atoms with Crippen molar-refractivity contribution in [3.05, 3.63) is 18.0 Å². The fourth-order valence-electron chi connectivity index (χ4n) is 2.81. The number of primary amides is 1. The lowest BCUT2D eigenvalue weighted by Crippen LogP contribution is -2.15. The minimum atomic E-state index is -0.547. The summed E-state index contributed by atoms with van der Waals surface area (Å²) in [6, 6.07) is 0.303. The number of nitrogen functional groups attached to an aromatic ring is 1. The molecule has 2 aromatic heterocycles. The number of nitrogens with zero attached hydrogens (tertiary/aromatic N) is 3. The van der Waals surface area contributed by atoms with Crippen molar-refractivity contribution in [2.75, 3.05) is 5.73 Å². The Hall–Kier alpha value is -2.11. The van der Waals surface area contributed by atoms with Crippen LogP contribution in [0.3, 0.4) is 0 Å². The highest BCUT2D eigenvalue weighted by Crippen LogP contribution is 2.36. The second-order valence-electron chi connectivity index (χ2n) is 4.66. The van der Waals surface area contributed by atoms with Crippen LogP contribution < -0.4 is 11.5 Å². The van der Waals surface area contributed by atoms with E-state index in [1.165, 1.54) is 12.8 Å². The Labute approximate surface area is 104 Å². The third-order valence-corrected chi connectivity index (χ3v) is 3.60. The maximum Gasteiger partial charge on any atom is 0.254 e. The zero-order valence-electron chi connectivity index (χ0n) is 9.97. The molecule has 4 N–H and O–H groups in total. The number of anilines is 1. The van der Waals surface area contributed by atoms with Gasteiger partial charge in [0, 0.05) is 18.4 Å². The van der Waals surface area contributed by atoms with E-state index >= 15 is 0 Å². The summed E-state index contributed by atoms with van der Waals surface area (Å²) in [5.41, 5.74) is 12.9. The molecule has 6 nitrogen and oxygen atoms in total. The first-order chi connectivity index (χ1) is 8.70. The van der Waals surface area contributed by atoms with Gasteiger partial charge in [0.05, 0.1) is 0 Å². The number of hydrogen-bond donors (Lipinski definition) is 2. The van der Waals surface area contributed by atoms with Gasteiger partial charge in [-0.25, -0.2) is 4.98 Å². The maximum atomic E-state index is 11.5. The first-order valence-corrected chi connectivity index (χ1v) is 6.10. The van der Waals surface area contributed by atoms with E-state index in [9.17, 15) is 4.79 Å². The Balaban J connectivity index is 2.30. The molecule has 0 bridgehead atoms. The van der Waals surface area contributed by atoms with E-state index in [0.717, 1.165) is 12.8 Å². The predicted octanol–water partition coefficient (Wildman–Crippen LogP) is 1.23. The Kier molecular flexibility index (Phi) is 2.43. The van der Waals surface area contributed by atoms with Crippen LogP contribution in [0.25, 0.3) is 11.2 Å². The van der Waals surface area contributed by atoms with Crippen LogP contribution in [0.1, 0.15) is 42.1 Å². The molecule has 6 heteroatoms. The predicted molar refractivity (Wildman–Crippen MR) is 68.0 cm³/mol. The fraction of sp³-hybridized carbons (Fsp3) is 0.417. The third kappa shape index (κ3) is 1.45. The van der Waals surface area contributed by atoms with E-state index in [1.807, 2.05) is 4.57 Å². The van der Waals surface area contributed by atoms with Gasteiger partial charge >= 0.3 is 0 Å². The molecule has 1 fully saturated rings. The monoisotopic (exact) mass is 245 g/mol. The lowest BCUT2D eigenvalue weighted by Gasteiger charge is -2.14. The zero-order chi connectivity index (χ0) is 12.7. The number of carbonyl (C=O) groups is 1. The number of amides is 1. The van der Waals surface area contributed by atoms with Gasteiger partial charge in [0.15, 0.2) is 5.65 Å². The summed E-state index contributed by atoms with van der Waals surface area (Å²) in [5, 5.41) is 0. The largest absolute Gasteiger partial charge is 0.384 e. The third-order valence-electron chi connectivity index (χ3n) is 3.60. The van der Waals surface area contributed by atoms with Crippen molar-refractivity contribution in [2.45, 2.75) is 31.7 Å². The van der Waals surface area contributed by atoms with E-state index in [0.29, 0.717) is 28.6 Å². The van der Waals surface area contributed by atoms with Crippen molar-refractivity contribution < 1.29 is 4.79 Å². The molecule has 0 aromatic carbocycles. The van der Waals surface area contributed by atoms with Crippen LogP contribution in [0.15, 0.2) is 12.4 Å². The summed E-state index contributed by atoms with van der Waals surface area (Å²) in [6.45, 7) is 0. The maximum absolute atomic E-state index is 11.5. The number of carbonyl (C=O) groups excluding carboxylic acids is 1. The van der Waals surface area contributed by atoms with Gasteiger partial charge in [-0.3, -0.25) is 9.78 Å². The van der Waals surface area contributed by atoms with Crippen molar-refractivity contribution in [1.29, 1.82) is 0 Å². The minimum Gasteiger partial charge on any atom is -0.384 e. The van der Waals surface area contributed by atoms with Crippen molar-refractivity contribution in [3.63, 3.8) is 0 Å². The molecule has 0 atom stereocenters. The SMILES string of the molecule is NC(=O)c1c(N)n(C2CCCC2)c2nccnc12. The number of nitrogens with two attached hydrogens (primary N) is 2. The molecular weight excluding hydrogens is 230 g/mol. The fourth-order valence-corrected chi connectivity index (χ4v) is 2.81. The summed E-state index contributed by atoms with van der Waals surface area (Å²) < 4.78 is 1.93. The van der Waals surface area contributed by atoms with Gasteiger partial charge in [-0.15, -0.1) is 0 Å². The average molecular weight is 245 g/mol. The van der Waals surface area contributed by atoms with Crippen LogP contribution >= 0.6 is 0 Å². The van der Waals surface area contributed by atoms with E-state index in [-0.39, 0.29) is 0 Å². The number of hydrogen-bond acceptors (Lipinski definition) is 4. The average Bonchev–Trinajstić information content (AvgIpc) is 2.92. The Morgan fingerprint density at radius 1 is 1.28 bits per heavy atom. The van der Waals surface area contributed by atoms with Crippen molar-refractivity contribution in [2.24, 2.45) is 5.73 Å². The first kappa shape index (κ1) is 11.0. The molecule has 18 heavy (non-hydrogen) atoms. The lowest BCUT2D eigenvalue weighted by atomic mass is 10.2. The Morgan fingerprint density at radius 2 is 1.94 bits per heavy atom. The van der Waals surface area contributed by atoms with Crippen LogP contribution in [0.5, 0.6) is 0 Å². The normalized spacial score (nSPS) is 16.4. The quantitative estimate of drug-likeness (QED) is 0.830. The molecule has 1 aliphatic rings. The van der Waals surface area contributed by atoms with E-state index < -0.39 is 5.91 Å². The Bertz CT molecular complexity index is 612. The molecular formula is C12H15N5O. The lowest BCUT2D eigenvalue weighted by molar-refractivity contribution is 0.100. The standard InChI is InChI=1S/C12H15N5O/c13-10-8(11(14)18)9-12(16-6-5-15-9)17(10)7-3-1-2-4-7/h5-7H,1-4,13H2,(H2,14,18). The Morgan fingerprint density at radius 3 is 2.61 bits per heavy atom. The van der Waals surface area contributed by atoms with Crippen molar-refractivity contribution >= 4 is 22.9 Å². The molecule has 0 radical (unpaired) electrons. The van der Waals surface area contributed by atoms with Gasteiger partial charge in [-0.2, -0.15) is 0 Å². The van der Waals surface area contributed by atoms with Crippen LogP contribution in [0.4, 0.5) is 5.82 Å². The van der Waals surface area contributed by atoms with E-state index in [4.69, 9.17) is 11.5 Å². The van der Waals surface area contributed by atoms with Gasteiger partial charge in [0.1, 0.15) is 16.9 Å². The number of aromatic nitrogens is 3. The van der Waals surface area contributed by atoms with Crippen molar-refractivity contribution in [1.82, 2.24) is 14.5 Å². The molecule has 0 aliphatic heterocycles. The summed E-state index contributed by atoms with van der Waals surface area (Å²) in [7, 11) is 0. The second-order valence-corrected chi connectivity index (χ2v) is 4.66.